The van der Waals surface area contributed by atoms with Crippen LogP contribution in [0.15, 0.2) is 24.3 Å². The molecule has 3 rings (SSSR count). The van der Waals surface area contributed by atoms with Crippen LogP contribution in [-0.4, -0.2) is 38.7 Å². The van der Waals surface area contributed by atoms with Crippen molar-refractivity contribution in [2.75, 3.05) is 7.11 Å². The molecule has 122 valence electrons. The van der Waals surface area contributed by atoms with E-state index in [2.05, 4.69) is 0 Å². The third kappa shape index (κ3) is 2.55. The lowest BCUT2D eigenvalue weighted by Gasteiger charge is -2.33. The van der Waals surface area contributed by atoms with E-state index in [1.54, 1.807) is 0 Å². The van der Waals surface area contributed by atoms with Crippen molar-refractivity contribution in [3.05, 3.63) is 35.4 Å². The van der Waals surface area contributed by atoms with Gasteiger partial charge in [-0.2, -0.15) is 0 Å². The fourth-order valence-electron chi connectivity index (χ4n) is 2.73. The normalized spacial score (nSPS) is 19.9. The summed E-state index contributed by atoms with van der Waals surface area (Å²) in [6, 6.07) is 5.11. The number of rotatable bonds is 2. The summed E-state index contributed by atoms with van der Waals surface area (Å²) in [6.07, 6.45) is -0.891. The van der Waals surface area contributed by atoms with Gasteiger partial charge in [-0.25, -0.2) is 0 Å². The van der Waals surface area contributed by atoms with Crippen LogP contribution in [0.2, 0.25) is 0 Å². The molecule has 23 heavy (non-hydrogen) atoms. The lowest BCUT2D eigenvalue weighted by molar-refractivity contribution is -0.0123. The van der Waals surface area contributed by atoms with Crippen molar-refractivity contribution >= 4 is 0 Å². The standard InChI is InChI=1S/C16H16O7/c1-22-14-6-9-10(18)4-8(17)5-13(9)23-16(14)7-2-11(19)15(21)12(20)3-7/h2-5,14,16-21H,6H2,1H3/t14-,16+/m1/s1. The van der Waals surface area contributed by atoms with Crippen LogP contribution in [0.3, 0.4) is 0 Å². The summed E-state index contributed by atoms with van der Waals surface area (Å²) in [5.41, 5.74) is 0.885. The average Bonchev–Trinajstić information content (AvgIpc) is 2.50. The highest BCUT2D eigenvalue weighted by atomic mass is 16.5. The zero-order valence-corrected chi connectivity index (χ0v) is 12.2. The van der Waals surface area contributed by atoms with E-state index < -0.39 is 29.5 Å². The molecule has 0 spiro atoms. The molecule has 0 saturated carbocycles. The van der Waals surface area contributed by atoms with Crippen molar-refractivity contribution in [3.8, 4) is 34.5 Å². The maximum atomic E-state index is 9.92. The van der Waals surface area contributed by atoms with Crippen LogP contribution in [0, 0.1) is 0 Å². The van der Waals surface area contributed by atoms with Gasteiger partial charge in [-0.05, 0) is 12.1 Å². The molecule has 2 atom stereocenters. The van der Waals surface area contributed by atoms with Crippen molar-refractivity contribution in [2.24, 2.45) is 0 Å². The van der Waals surface area contributed by atoms with Crippen molar-refractivity contribution in [1.29, 1.82) is 0 Å². The van der Waals surface area contributed by atoms with Gasteiger partial charge in [-0.3, -0.25) is 0 Å². The number of ether oxygens (including phenoxy) is 2. The topological polar surface area (TPSA) is 120 Å². The zero-order chi connectivity index (χ0) is 16.7. The largest absolute Gasteiger partial charge is 0.508 e. The molecule has 5 N–H and O–H groups in total. The summed E-state index contributed by atoms with van der Waals surface area (Å²) in [5, 5.41) is 48.3. The first kappa shape index (κ1) is 15.1. The predicted octanol–water partition coefficient (Wildman–Crippen LogP) is 1.91. The second-order valence-corrected chi connectivity index (χ2v) is 5.37. The van der Waals surface area contributed by atoms with Crippen LogP contribution >= 0.6 is 0 Å². The summed E-state index contributed by atoms with van der Waals surface area (Å²) < 4.78 is 11.2. The molecule has 1 aliphatic rings. The van der Waals surface area contributed by atoms with Crippen molar-refractivity contribution in [3.63, 3.8) is 0 Å². The molecule has 0 unspecified atom stereocenters. The Labute approximate surface area is 131 Å². The SMILES string of the molecule is CO[C@@H]1Cc2c(O)cc(O)cc2O[C@H]1c1cc(O)c(O)c(O)c1. The highest BCUT2D eigenvalue weighted by Crippen LogP contribution is 2.45. The van der Waals surface area contributed by atoms with Crippen LogP contribution in [0.1, 0.15) is 17.2 Å². The number of phenols is 5. The zero-order valence-electron chi connectivity index (χ0n) is 12.2. The Hall–Kier alpha value is -2.80. The monoisotopic (exact) mass is 320 g/mol. The number of fused-ring (bicyclic) bond motifs is 1. The van der Waals surface area contributed by atoms with Gasteiger partial charge in [0.05, 0.1) is 0 Å². The third-order valence-electron chi connectivity index (χ3n) is 3.89. The third-order valence-corrected chi connectivity index (χ3v) is 3.89. The number of benzene rings is 2. The Morgan fingerprint density at radius 3 is 2.22 bits per heavy atom. The first-order valence-corrected chi connectivity index (χ1v) is 6.90. The average molecular weight is 320 g/mol. The van der Waals surface area contributed by atoms with Gasteiger partial charge in [0, 0.05) is 36.8 Å². The Morgan fingerprint density at radius 2 is 1.61 bits per heavy atom. The Morgan fingerprint density at radius 1 is 0.957 bits per heavy atom. The summed E-state index contributed by atoms with van der Waals surface area (Å²) in [5.74, 6) is -1.54. The summed E-state index contributed by atoms with van der Waals surface area (Å²) in [6.45, 7) is 0. The van der Waals surface area contributed by atoms with Gasteiger partial charge >= 0.3 is 0 Å². The van der Waals surface area contributed by atoms with Gasteiger partial charge in [-0.1, -0.05) is 0 Å². The van der Waals surface area contributed by atoms with E-state index in [9.17, 15) is 25.5 Å². The number of aromatic hydroxyl groups is 5. The highest BCUT2D eigenvalue weighted by molar-refractivity contribution is 5.54. The van der Waals surface area contributed by atoms with Crippen LogP contribution < -0.4 is 4.74 Å². The van der Waals surface area contributed by atoms with Gasteiger partial charge in [-0.15, -0.1) is 0 Å². The lowest BCUT2D eigenvalue weighted by Crippen LogP contribution is -2.32. The number of hydrogen-bond donors (Lipinski definition) is 5. The maximum absolute atomic E-state index is 9.92. The number of methoxy groups -OCH3 is 1. The van der Waals surface area contributed by atoms with Gasteiger partial charge in [0.2, 0.25) is 0 Å². The minimum absolute atomic E-state index is 0.100. The molecule has 0 saturated heterocycles. The second kappa shape index (κ2) is 5.44. The van der Waals surface area contributed by atoms with Gasteiger partial charge in [0.1, 0.15) is 23.4 Å². The second-order valence-electron chi connectivity index (χ2n) is 5.37. The number of phenolic OH excluding ortho intramolecular Hbond substituents is 5. The molecular weight excluding hydrogens is 304 g/mol. The maximum Gasteiger partial charge on any atom is 0.200 e. The quantitative estimate of drug-likeness (QED) is 0.536. The molecular formula is C16H16O7. The van der Waals surface area contributed by atoms with E-state index in [0.29, 0.717) is 17.5 Å². The summed E-state index contributed by atoms with van der Waals surface area (Å²) in [4.78, 5) is 0. The molecule has 0 aliphatic carbocycles. The first-order valence-electron chi connectivity index (χ1n) is 6.90. The van der Waals surface area contributed by atoms with Crippen molar-refractivity contribution in [2.45, 2.75) is 18.6 Å². The van der Waals surface area contributed by atoms with E-state index in [-0.39, 0.29) is 17.2 Å². The summed E-state index contributed by atoms with van der Waals surface area (Å²) >= 11 is 0. The van der Waals surface area contributed by atoms with Gasteiger partial charge in [0.15, 0.2) is 23.4 Å². The van der Waals surface area contributed by atoms with E-state index in [0.717, 1.165) is 0 Å². The van der Waals surface area contributed by atoms with E-state index in [1.807, 2.05) is 0 Å². The minimum Gasteiger partial charge on any atom is -0.508 e. The molecule has 0 fully saturated rings. The van der Waals surface area contributed by atoms with E-state index >= 15 is 0 Å². The molecule has 7 heteroatoms. The van der Waals surface area contributed by atoms with Crippen LogP contribution in [0.25, 0.3) is 0 Å². The van der Waals surface area contributed by atoms with E-state index in [1.165, 1.54) is 31.4 Å². The molecule has 1 aliphatic heterocycles. The van der Waals surface area contributed by atoms with Gasteiger partial charge in [0.25, 0.3) is 0 Å². The van der Waals surface area contributed by atoms with Gasteiger partial charge < -0.3 is 35.0 Å². The molecule has 0 radical (unpaired) electrons. The molecule has 2 aromatic carbocycles. The van der Waals surface area contributed by atoms with Crippen molar-refractivity contribution in [1.82, 2.24) is 0 Å². The number of hydrogen-bond acceptors (Lipinski definition) is 7. The predicted molar refractivity (Wildman–Crippen MR) is 79.1 cm³/mol. The first-order chi connectivity index (χ1) is 10.9. The smallest absolute Gasteiger partial charge is 0.200 e. The van der Waals surface area contributed by atoms with Crippen LogP contribution in [0.4, 0.5) is 0 Å². The molecule has 0 aromatic heterocycles. The fourth-order valence-corrected chi connectivity index (χ4v) is 2.73. The fraction of sp³-hybridized carbons (Fsp3) is 0.250. The summed E-state index contributed by atoms with van der Waals surface area (Å²) in [7, 11) is 1.48. The Kier molecular flexibility index (Phi) is 3.57. The lowest BCUT2D eigenvalue weighted by atomic mass is 9.93. The molecule has 2 aromatic rings. The highest BCUT2D eigenvalue weighted by Gasteiger charge is 2.34. The Balaban J connectivity index is 2.05. The molecule has 0 bridgehead atoms. The van der Waals surface area contributed by atoms with Crippen molar-refractivity contribution < 1.29 is 35.0 Å². The van der Waals surface area contributed by atoms with Crippen LogP contribution in [-0.2, 0) is 11.2 Å². The molecule has 0 amide bonds. The molecule has 1 heterocycles. The van der Waals surface area contributed by atoms with E-state index in [4.69, 9.17) is 9.47 Å². The molecule has 7 nitrogen and oxygen atoms in total. The minimum atomic E-state index is -0.703. The Bertz CT molecular complexity index is 733. The van der Waals surface area contributed by atoms with Crippen LogP contribution in [0.5, 0.6) is 34.5 Å².